The van der Waals surface area contributed by atoms with Crippen LogP contribution in [0.3, 0.4) is 0 Å². The zero-order valence-corrected chi connectivity index (χ0v) is 16.2. The molecule has 1 aliphatic rings. The Kier molecular flexibility index (Phi) is 7.29. The molecular weight excluding hydrogens is 319 g/mol. The Hall–Kier alpha value is -1.63. The van der Waals surface area contributed by atoms with Gasteiger partial charge in [-0.2, -0.15) is 0 Å². The molecule has 0 aliphatic heterocycles. The first kappa shape index (κ1) is 19.1. The zero-order valence-electron chi connectivity index (χ0n) is 16.2. The minimum atomic E-state index is -0.635. The summed E-state index contributed by atoms with van der Waals surface area (Å²) in [4.78, 5) is 0. The quantitative estimate of drug-likeness (QED) is 0.423. The number of halogens is 1. The van der Waals surface area contributed by atoms with Gasteiger partial charge in [0.2, 0.25) is 0 Å². The topological polar surface area (TPSA) is 0 Å². The predicted molar refractivity (Wildman–Crippen MR) is 110 cm³/mol. The second-order valence-electron chi connectivity index (χ2n) is 7.94. The van der Waals surface area contributed by atoms with Gasteiger partial charge in [0.05, 0.1) is 0 Å². The number of hydrogen-bond donors (Lipinski definition) is 0. The van der Waals surface area contributed by atoms with Gasteiger partial charge in [-0.1, -0.05) is 93.6 Å². The molecule has 1 saturated carbocycles. The molecule has 2 aromatic carbocycles. The molecule has 0 bridgehead atoms. The highest BCUT2D eigenvalue weighted by molar-refractivity contribution is 5.68. The fraction of sp³-hybridized carbons (Fsp3) is 0.520. The first-order valence-corrected chi connectivity index (χ1v) is 10.6. The smallest absolute Gasteiger partial charge is 0.103 e. The van der Waals surface area contributed by atoms with Gasteiger partial charge in [-0.3, -0.25) is 0 Å². The van der Waals surface area contributed by atoms with Crippen molar-refractivity contribution in [2.45, 2.75) is 76.8 Å². The Morgan fingerprint density at radius 3 is 2.35 bits per heavy atom. The molecule has 0 nitrogen and oxygen atoms in total. The molecule has 0 spiro atoms. The van der Waals surface area contributed by atoms with Crippen LogP contribution in [0.2, 0.25) is 0 Å². The molecule has 3 rings (SSSR count). The highest BCUT2D eigenvalue weighted by atomic mass is 19.1. The molecule has 0 N–H and O–H groups in total. The van der Waals surface area contributed by atoms with Gasteiger partial charge in [-0.15, -0.1) is 0 Å². The Bertz CT molecular complexity index is 648. The predicted octanol–water partition coefficient (Wildman–Crippen LogP) is 7.94. The van der Waals surface area contributed by atoms with Gasteiger partial charge in [0, 0.05) is 0 Å². The summed E-state index contributed by atoms with van der Waals surface area (Å²) in [6.45, 7) is 2.24. The second-order valence-corrected chi connectivity index (χ2v) is 7.94. The van der Waals surface area contributed by atoms with E-state index in [0.29, 0.717) is 12.3 Å². The number of benzene rings is 2. The van der Waals surface area contributed by atoms with Crippen molar-refractivity contribution in [3.8, 4) is 11.1 Å². The number of hydrogen-bond acceptors (Lipinski definition) is 0. The van der Waals surface area contributed by atoms with Crippen molar-refractivity contribution >= 4 is 0 Å². The van der Waals surface area contributed by atoms with Crippen LogP contribution in [0.4, 0.5) is 4.39 Å². The Morgan fingerprint density at radius 1 is 0.846 bits per heavy atom. The van der Waals surface area contributed by atoms with Crippen molar-refractivity contribution in [1.29, 1.82) is 0 Å². The summed E-state index contributed by atoms with van der Waals surface area (Å²) in [6, 6.07) is 19.1. The summed E-state index contributed by atoms with van der Waals surface area (Å²) in [7, 11) is 0. The molecule has 0 heterocycles. The molecule has 0 saturated heterocycles. The lowest BCUT2D eigenvalue weighted by Crippen LogP contribution is -2.25. The fourth-order valence-corrected chi connectivity index (χ4v) is 4.53. The molecular formula is C25H33F. The highest BCUT2D eigenvalue weighted by Crippen LogP contribution is 2.42. The lowest BCUT2D eigenvalue weighted by molar-refractivity contribution is 0.141. The Labute approximate surface area is 158 Å². The van der Waals surface area contributed by atoms with Crippen LogP contribution in [0.1, 0.15) is 76.2 Å². The van der Waals surface area contributed by atoms with Crippen LogP contribution in [0.15, 0.2) is 54.6 Å². The summed E-state index contributed by atoms with van der Waals surface area (Å²) in [5.41, 5.74) is 3.86. The van der Waals surface area contributed by atoms with E-state index in [9.17, 15) is 4.39 Å². The standard InChI is InChI=1S/C25H33F/c1-2-3-4-5-7-14-21-17-18-22(19-25(21)26)24-16-11-10-15-23(24)20-12-8-6-9-13-20/h6,8-13,15-16,21-22,25H,2-5,7,14,17-19H2,1H3. The summed E-state index contributed by atoms with van der Waals surface area (Å²) >= 11 is 0. The highest BCUT2D eigenvalue weighted by Gasteiger charge is 2.31. The summed E-state index contributed by atoms with van der Waals surface area (Å²) in [5, 5.41) is 0. The maximum Gasteiger partial charge on any atom is 0.103 e. The normalized spacial score (nSPS) is 23.1. The van der Waals surface area contributed by atoms with Gasteiger partial charge in [0.15, 0.2) is 0 Å². The Morgan fingerprint density at radius 2 is 1.58 bits per heavy atom. The van der Waals surface area contributed by atoms with Crippen molar-refractivity contribution in [2.75, 3.05) is 0 Å². The van der Waals surface area contributed by atoms with Gasteiger partial charge in [-0.25, -0.2) is 4.39 Å². The third-order valence-electron chi connectivity index (χ3n) is 6.07. The van der Waals surface area contributed by atoms with Crippen molar-refractivity contribution in [3.05, 3.63) is 60.2 Å². The SMILES string of the molecule is CCCCCCCC1CCC(c2ccccc2-c2ccccc2)CC1F. The van der Waals surface area contributed by atoms with Crippen molar-refractivity contribution in [1.82, 2.24) is 0 Å². The van der Waals surface area contributed by atoms with E-state index in [2.05, 4.69) is 61.5 Å². The zero-order chi connectivity index (χ0) is 18.2. The molecule has 3 unspecified atom stereocenters. The van der Waals surface area contributed by atoms with Crippen molar-refractivity contribution < 1.29 is 4.39 Å². The van der Waals surface area contributed by atoms with E-state index in [-0.39, 0.29) is 5.92 Å². The van der Waals surface area contributed by atoms with E-state index < -0.39 is 6.17 Å². The van der Waals surface area contributed by atoms with E-state index in [0.717, 1.165) is 19.3 Å². The second kappa shape index (κ2) is 9.90. The molecule has 1 aliphatic carbocycles. The van der Waals surface area contributed by atoms with E-state index in [4.69, 9.17) is 0 Å². The van der Waals surface area contributed by atoms with Gasteiger partial charge in [0.25, 0.3) is 0 Å². The van der Waals surface area contributed by atoms with E-state index in [1.54, 1.807) is 0 Å². The number of unbranched alkanes of at least 4 members (excludes halogenated alkanes) is 4. The molecule has 0 aromatic heterocycles. The number of alkyl halides is 1. The molecule has 0 amide bonds. The van der Waals surface area contributed by atoms with Crippen LogP contribution in [0.25, 0.3) is 11.1 Å². The van der Waals surface area contributed by atoms with Crippen LogP contribution in [-0.4, -0.2) is 6.17 Å². The van der Waals surface area contributed by atoms with Crippen molar-refractivity contribution in [2.24, 2.45) is 5.92 Å². The van der Waals surface area contributed by atoms with Crippen LogP contribution in [-0.2, 0) is 0 Å². The molecule has 2 aromatic rings. The average Bonchev–Trinajstić information content (AvgIpc) is 2.69. The first-order valence-electron chi connectivity index (χ1n) is 10.6. The van der Waals surface area contributed by atoms with E-state index in [1.165, 1.54) is 48.8 Å². The maximum absolute atomic E-state index is 14.9. The largest absolute Gasteiger partial charge is 0.247 e. The van der Waals surface area contributed by atoms with Crippen LogP contribution in [0, 0.1) is 5.92 Å². The first-order chi connectivity index (χ1) is 12.8. The lowest BCUT2D eigenvalue weighted by Gasteiger charge is -2.33. The third kappa shape index (κ3) is 4.96. The van der Waals surface area contributed by atoms with Gasteiger partial charge < -0.3 is 0 Å². The van der Waals surface area contributed by atoms with Crippen LogP contribution < -0.4 is 0 Å². The third-order valence-corrected chi connectivity index (χ3v) is 6.07. The van der Waals surface area contributed by atoms with Crippen molar-refractivity contribution in [3.63, 3.8) is 0 Å². The molecule has 1 fully saturated rings. The molecule has 1 heteroatoms. The van der Waals surface area contributed by atoms with Gasteiger partial charge in [-0.05, 0) is 54.2 Å². The summed E-state index contributed by atoms with van der Waals surface area (Å²) in [6.07, 6.45) is 9.71. The minimum Gasteiger partial charge on any atom is -0.247 e. The van der Waals surface area contributed by atoms with Crippen LogP contribution in [0.5, 0.6) is 0 Å². The molecule has 0 radical (unpaired) electrons. The fourth-order valence-electron chi connectivity index (χ4n) is 4.53. The van der Waals surface area contributed by atoms with E-state index in [1.807, 2.05) is 0 Å². The molecule has 140 valence electrons. The molecule has 26 heavy (non-hydrogen) atoms. The van der Waals surface area contributed by atoms with Gasteiger partial charge in [0.1, 0.15) is 6.17 Å². The average molecular weight is 353 g/mol. The van der Waals surface area contributed by atoms with Gasteiger partial charge >= 0.3 is 0 Å². The summed E-state index contributed by atoms with van der Waals surface area (Å²) < 4.78 is 14.9. The minimum absolute atomic E-state index is 0.289. The maximum atomic E-state index is 14.9. The summed E-state index contributed by atoms with van der Waals surface area (Å²) in [5.74, 6) is 0.648. The number of rotatable bonds is 8. The lowest BCUT2D eigenvalue weighted by atomic mass is 9.74. The monoisotopic (exact) mass is 352 g/mol. The molecule has 3 atom stereocenters. The van der Waals surface area contributed by atoms with Crippen LogP contribution >= 0.6 is 0 Å². The Balaban J connectivity index is 1.61. The van der Waals surface area contributed by atoms with E-state index >= 15 is 0 Å².